The Hall–Kier alpha value is -2.59. The van der Waals surface area contributed by atoms with Crippen LogP contribution in [0.25, 0.3) is 0 Å². The van der Waals surface area contributed by atoms with Crippen molar-refractivity contribution in [3.05, 3.63) is 96.1 Å². The van der Waals surface area contributed by atoms with Gasteiger partial charge in [0.25, 0.3) is 0 Å². The van der Waals surface area contributed by atoms with E-state index >= 15 is 0 Å². The van der Waals surface area contributed by atoms with Gasteiger partial charge in [-0.05, 0) is 43.2 Å². The molecule has 3 heteroatoms. The van der Waals surface area contributed by atoms with Gasteiger partial charge in [-0.1, -0.05) is 85.5 Å². The van der Waals surface area contributed by atoms with Crippen LogP contribution in [0.15, 0.2) is 84.9 Å². The number of hydrogen-bond donors (Lipinski definition) is 1. The summed E-state index contributed by atoms with van der Waals surface area (Å²) in [5.74, 6) is 6.64. The summed E-state index contributed by atoms with van der Waals surface area (Å²) in [5, 5.41) is 5.04. The molecule has 0 aliphatic carbocycles. The Labute approximate surface area is 174 Å². The summed E-state index contributed by atoms with van der Waals surface area (Å²) in [6, 6.07) is 27.3. The molecule has 1 unspecified atom stereocenters. The van der Waals surface area contributed by atoms with Crippen LogP contribution in [0, 0.1) is 18.8 Å². The maximum atomic E-state index is 14.4. The maximum Gasteiger partial charge on any atom is 0.205 e. The first-order valence-electron chi connectivity index (χ1n) is 10.2. The molecule has 3 aromatic carbocycles. The molecule has 0 aromatic heterocycles. The predicted molar refractivity (Wildman–Crippen MR) is 124 cm³/mol. The minimum Gasteiger partial charge on any atom is -0.296 e. The fraction of sp³-hybridized carbons (Fsp3) is 0.231. The normalized spacial score (nSPS) is 12.1. The third-order valence-corrected chi connectivity index (χ3v) is 7.54. The lowest BCUT2D eigenvalue weighted by Gasteiger charge is -2.24. The van der Waals surface area contributed by atoms with Crippen molar-refractivity contribution in [1.82, 2.24) is 5.09 Å². The molecule has 2 nitrogen and oxygen atoms in total. The average Bonchev–Trinajstić information content (AvgIpc) is 2.77. The van der Waals surface area contributed by atoms with Crippen LogP contribution < -0.4 is 15.7 Å². The predicted octanol–water partition coefficient (Wildman–Crippen LogP) is 5.75. The van der Waals surface area contributed by atoms with Crippen molar-refractivity contribution in [2.24, 2.45) is 0 Å². The highest BCUT2D eigenvalue weighted by molar-refractivity contribution is 7.76. The summed E-state index contributed by atoms with van der Waals surface area (Å²) in [6.07, 6.45) is 3.04. The second-order valence-corrected chi connectivity index (χ2v) is 9.69. The smallest absolute Gasteiger partial charge is 0.205 e. The highest BCUT2D eigenvalue weighted by atomic mass is 31.2. The van der Waals surface area contributed by atoms with Crippen molar-refractivity contribution in [3.63, 3.8) is 0 Å². The number of aryl methyl sites for hydroxylation is 1. The van der Waals surface area contributed by atoms with Crippen LogP contribution in [-0.4, -0.2) is 0 Å². The van der Waals surface area contributed by atoms with Gasteiger partial charge in [-0.25, -0.2) is 5.09 Å². The summed E-state index contributed by atoms with van der Waals surface area (Å²) in [4.78, 5) is 0. The lowest BCUT2D eigenvalue weighted by atomic mass is 10.1. The molecule has 0 saturated heterocycles. The van der Waals surface area contributed by atoms with Gasteiger partial charge in [0.05, 0.1) is 0 Å². The molecule has 0 aliphatic heterocycles. The van der Waals surface area contributed by atoms with E-state index in [0.717, 1.165) is 35.4 Å². The Kier molecular flexibility index (Phi) is 7.48. The molecule has 1 N–H and O–H groups in total. The Morgan fingerprint density at radius 3 is 1.93 bits per heavy atom. The van der Waals surface area contributed by atoms with E-state index in [9.17, 15) is 4.57 Å². The first-order valence-corrected chi connectivity index (χ1v) is 11.9. The Morgan fingerprint density at radius 2 is 1.41 bits per heavy atom. The maximum absolute atomic E-state index is 14.4. The molecule has 3 rings (SSSR count). The lowest BCUT2D eigenvalue weighted by molar-refractivity contribution is 0.574. The molecule has 0 spiro atoms. The van der Waals surface area contributed by atoms with Crippen LogP contribution in [-0.2, 0) is 4.57 Å². The lowest BCUT2D eigenvalue weighted by Crippen LogP contribution is -2.30. The third-order valence-electron chi connectivity index (χ3n) is 4.86. The van der Waals surface area contributed by atoms with Crippen LogP contribution in [0.2, 0.25) is 0 Å². The van der Waals surface area contributed by atoms with E-state index < -0.39 is 7.29 Å². The van der Waals surface area contributed by atoms with Crippen molar-refractivity contribution in [2.75, 3.05) is 0 Å². The van der Waals surface area contributed by atoms with Crippen molar-refractivity contribution in [3.8, 4) is 11.8 Å². The fourth-order valence-electron chi connectivity index (χ4n) is 3.14. The molecule has 0 bridgehead atoms. The third kappa shape index (κ3) is 5.48. The fourth-order valence-corrected chi connectivity index (χ4v) is 5.50. The van der Waals surface area contributed by atoms with E-state index in [2.05, 4.69) is 55.0 Å². The summed E-state index contributed by atoms with van der Waals surface area (Å²) in [5.41, 5.74) is 2.23. The summed E-state index contributed by atoms with van der Waals surface area (Å²) in [7, 11) is -3.07. The van der Waals surface area contributed by atoms with Crippen molar-refractivity contribution >= 4 is 17.9 Å². The number of nitrogens with one attached hydrogen (secondary N) is 1. The standard InChI is InChI=1S/C26H28NOP/c1-3-4-5-12-17-26(23-20-18-22(2)19-21-23)27-29(28,24-13-8-6-9-14-24)25-15-10-7-11-16-25/h6-11,13-16,18-21,26H,3-5H2,1-2H3,(H,27,28). The molecule has 0 saturated carbocycles. The van der Waals surface area contributed by atoms with Crippen molar-refractivity contribution in [1.29, 1.82) is 0 Å². The van der Waals surface area contributed by atoms with E-state index in [-0.39, 0.29) is 6.04 Å². The zero-order chi connectivity index (χ0) is 20.5. The molecule has 29 heavy (non-hydrogen) atoms. The highest BCUT2D eigenvalue weighted by Gasteiger charge is 2.30. The van der Waals surface area contributed by atoms with Gasteiger partial charge in [0.2, 0.25) is 7.29 Å². The van der Waals surface area contributed by atoms with Gasteiger partial charge in [-0.2, -0.15) is 0 Å². The van der Waals surface area contributed by atoms with Crippen LogP contribution >= 0.6 is 7.29 Å². The number of rotatable bonds is 7. The molecule has 0 fully saturated rings. The molecule has 3 aromatic rings. The van der Waals surface area contributed by atoms with Gasteiger partial charge in [0, 0.05) is 17.0 Å². The highest BCUT2D eigenvalue weighted by Crippen LogP contribution is 2.41. The molecule has 0 aliphatic rings. The topological polar surface area (TPSA) is 29.1 Å². The molecular weight excluding hydrogens is 373 g/mol. The first-order chi connectivity index (χ1) is 14.1. The van der Waals surface area contributed by atoms with Crippen LogP contribution in [0.4, 0.5) is 0 Å². The molecule has 148 valence electrons. The molecule has 0 heterocycles. The molecular formula is C26H28NOP. The second-order valence-electron chi connectivity index (χ2n) is 7.18. The van der Waals surface area contributed by atoms with Gasteiger partial charge in [0.15, 0.2) is 0 Å². The van der Waals surface area contributed by atoms with E-state index in [0.29, 0.717) is 0 Å². The van der Waals surface area contributed by atoms with Gasteiger partial charge in [-0.15, -0.1) is 5.92 Å². The molecule has 0 amide bonds. The molecule has 1 atom stereocenters. The van der Waals surface area contributed by atoms with E-state index in [1.54, 1.807) is 0 Å². The summed E-state index contributed by atoms with van der Waals surface area (Å²) >= 11 is 0. The second kappa shape index (κ2) is 10.3. The van der Waals surface area contributed by atoms with E-state index in [1.807, 2.05) is 60.7 Å². The van der Waals surface area contributed by atoms with Crippen LogP contribution in [0.1, 0.15) is 43.4 Å². The van der Waals surface area contributed by atoms with Crippen LogP contribution in [0.3, 0.4) is 0 Å². The quantitative estimate of drug-likeness (QED) is 0.310. The zero-order valence-corrected chi connectivity index (χ0v) is 18.0. The van der Waals surface area contributed by atoms with Crippen molar-refractivity contribution < 1.29 is 4.57 Å². The summed E-state index contributed by atoms with van der Waals surface area (Å²) in [6.45, 7) is 4.23. The van der Waals surface area contributed by atoms with E-state index in [4.69, 9.17) is 0 Å². The molecule has 0 radical (unpaired) electrons. The van der Waals surface area contributed by atoms with E-state index in [1.165, 1.54) is 5.56 Å². The first kappa shape index (κ1) is 21.1. The average molecular weight is 401 g/mol. The largest absolute Gasteiger partial charge is 0.296 e. The van der Waals surface area contributed by atoms with Gasteiger partial charge in [-0.3, -0.25) is 4.57 Å². The Balaban J connectivity index is 2.04. The minimum atomic E-state index is -3.07. The summed E-state index contributed by atoms with van der Waals surface area (Å²) < 4.78 is 14.4. The van der Waals surface area contributed by atoms with Crippen molar-refractivity contribution in [2.45, 2.75) is 39.2 Å². The Morgan fingerprint density at radius 1 is 0.862 bits per heavy atom. The zero-order valence-electron chi connectivity index (χ0n) is 17.1. The van der Waals surface area contributed by atoms with Crippen LogP contribution in [0.5, 0.6) is 0 Å². The minimum absolute atomic E-state index is 0.307. The number of unbranched alkanes of at least 4 members (excludes halogenated alkanes) is 2. The number of benzene rings is 3. The monoisotopic (exact) mass is 401 g/mol. The van der Waals surface area contributed by atoms with Gasteiger partial charge < -0.3 is 0 Å². The number of hydrogen-bond acceptors (Lipinski definition) is 1. The van der Waals surface area contributed by atoms with Gasteiger partial charge >= 0.3 is 0 Å². The van der Waals surface area contributed by atoms with Gasteiger partial charge in [0.1, 0.15) is 6.04 Å². The Bertz CT molecular complexity index is 958. The SMILES string of the molecule is CCCCC#CC(NP(=O)(c1ccccc1)c1ccccc1)c1ccc(C)cc1.